The second-order valence-electron chi connectivity index (χ2n) is 9.59. The first-order valence-electron chi connectivity index (χ1n) is 13.7. The van der Waals surface area contributed by atoms with Crippen molar-refractivity contribution in [2.75, 3.05) is 24.0 Å². The molecule has 2 amide bonds. The Labute approximate surface area is 248 Å². The van der Waals surface area contributed by atoms with Crippen LogP contribution >= 0.6 is 11.6 Å². The monoisotopic (exact) mass is 599 g/mol. The Morgan fingerprint density at radius 1 is 0.976 bits per heavy atom. The molecular weight excluding hydrogens is 562 g/mol. The van der Waals surface area contributed by atoms with Crippen molar-refractivity contribution in [3.05, 3.63) is 88.9 Å². The molecule has 41 heavy (non-hydrogen) atoms. The van der Waals surface area contributed by atoms with E-state index in [1.807, 2.05) is 45.0 Å². The molecule has 8 nitrogen and oxygen atoms in total. The maximum Gasteiger partial charge on any atom is 0.264 e. The Hall–Kier alpha value is -3.56. The minimum absolute atomic E-state index is 0.0287. The third kappa shape index (κ3) is 8.24. The van der Waals surface area contributed by atoms with Gasteiger partial charge < -0.3 is 15.0 Å². The van der Waals surface area contributed by atoms with Gasteiger partial charge in [0, 0.05) is 18.1 Å². The number of anilines is 1. The number of ether oxygens (including phenoxy) is 1. The van der Waals surface area contributed by atoms with Gasteiger partial charge in [0.25, 0.3) is 10.0 Å². The second kappa shape index (κ2) is 14.9. The summed E-state index contributed by atoms with van der Waals surface area (Å²) in [5.74, 6) is -0.482. The number of sulfonamides is 1. The SMILES string of the molecule is CCCNC(=O)[C@H](CC)N(Cc1cccc(C)c1)C(=O)CN(c1ccccc1OCC)S(=O)(=O)c1ccc(Cl)cc1. The number of benzene rings is 3. The molecule has 10 heteroatoms. The van der Waals surface area contributed by atoms with Gasteiger partial charge in [-0.05, 0) is 68.7 Å². The summed E-state index contributed by atoms with van der Waals surface area (Å²) in [7, 11) is -4.24. The third-order valence-electron chi connectivity index (χ3n) is 6.48. The van der Waals surface area contributed by atoms with Gasteiger partial charge in [0.05, 0.1) is 17.2 Å². The van der Waals surface area contributed by atoms with E-state index in [-0.39, 0.29) is 23.0 Å². The molecule has 0 saturated carbocycles. The van der Waals surface area contributed by atoms with Crippen LogP contribution in [0.5, 0.6) is 5.75 Å². The highest BCUT2D eigenvalue weighted by molar-refractivity contribution is 7.92. The summed E-state index contributed by atoms with van der Waals surface area (Å²) in [4.78, 5) is 28.8. The zero-order chi connectivity index (χ0) is 30.0. The van der Waals surface area contributed by atoms with Gasteiger partial charge in [0.1, 0.15) is 18.3 Å². The fraction of sp³-hybridized carbons (Fsp3) is 0.355. The summed E-state index contributed by atoms with van der Waals surface area (Å²) in [6.07, 6.45) is 1.10. The van der Waals surface area contributed by atoms with Crippen molar-refractivity contribution in [1.29, 1.82) is 0 Å². The molecular formula is C31H38ClN3O5S. The standard InChI is InChI=1S/C31H38ClN3O5S/c1-5-19-33-31(37)27(6-2)34(21-24-12-10-11-23(4)20-24)30(36)22-35(28-13-8-9-14-29(28)40-7-3)41(38,39)26-17-15-25(32)16-18-26/h8-18,20,27H,5-7,19,21-22H2,1-4H3,(H,33,37)/t27-/m0/s1. The van der Waals surface area contributed by atoms with Crippen molar-refractivity contribution in [2.45, 2.75) is 58.0 Å². The number of halogens is 1. The highest BCUT2D eigenvalue weighted by atomic mass is 35.5. The molecule has 1 atom stereocenters. The first-order valence-corrected chi connectivity index (χ1v) is 15.6. The number of nitrogens with one attached hydrogen (secondary N) is 1. The van der Waals surface area contributed by atoms with Gasteiger partial charge >= 0.3 is 0 Å². The summed E-state index contributed by atoms with van der Waals surface area (Å²) in [5, 5.41) is 3.27. The Bertz CT molecular complexity index is 1430. The van der Waals surface area contributed by atoms with Crippen molar-refractivity contribution in [1.82, 2.24) is 10.2 Å². The Balaban J connectivity index is 2.10. The predicted octanol–water partition coefficient (Wildman–Crippen LogP) is 5.58. The van der Waals surface area contributed by atoms with Crippen molar-refractivity contribution in [3.63, 3.8) is 0 Å². The molecule has 220 valence electrons. The largest absolute Gasteiger partial charge is 0.492 e. The van der Waals surface area contributed by atoms with Crippen LogP contribution < -0.4 is 14.4 Å². The summed E-state index contributed by atoms with van der Waals surface area (Å²) in [5.41, 5.74) is 2.06. The van der Waals surface area contributed by atoms with Crippen molar-refractivity contribution >= 4 is 39.1 Å². The van der Waals surface area contributed by atoms with Crippen LogP contribution in [0, 0.1) is 6.92 Å². The Morgan fingerprint density at radius 2 is 1.68 bits per heavy atom. The Kier molecular flexibility index (Phi) is 11.6. The highest BCUT2D eigenvalue weighted by Crippen LogP contribution is 2.33. The summed E-state index contributed by atoms with van der Waals surface area (Å²) >= 11 is 6.03. The van der Waals surface area contributed by atoms with Crippen LogP contribution in [-0.2, 0) is 26.2 Å². The average Bonchev–Trinajstić information content (AvgIpc) is 2.95. The van der Waals surface area contributed by atoms with Crippen molar-refractivity contribution < 1.29 is 22.7 Å². The fourth-order valence-corrected chi connectivity index (χ4v) is 6.03. The molecule has 0 fully saturated rings. The minimum Gasteiger partial charge on any atom is -0.492 e. The van der Waals surface area contributed by atoms with E-state index in [9.17, 15) is 18.0 Å². The number of para-hydroxylation sites is 2. The van der Waals surface area contributed by atoms with Crippen molar-refractivity contribution in [2.24, 2.45) is 0 Å². The number of amides is 2. The first kappa shape index (κ1) is 32.0. The zero-order valence-corrected chi connectivity index (χ0v) is 25.5. The van der Waals surface area contributed by atoms with E-state index in [2.05, 4.69) is 5.32 Å². The normalized spacial score (nSPS) is 11.9. The van der Waals surface area contributed by atoms with Gasteiger partial charge in [-0.25, -0.2) is 8.42 Å². The van der Waals surface area contributed by atoms with Crippen LogP contribution in [0.25, 0.3) is 0 Å². The van der Waals surface area contributed by atoms with Crippen molar-refractivity contribution in [3.8, 4) is 5.75 Å². The Morgan fingerprint density at radius 3 is 2.32 bits per heavy atom. The molecule has 0 aliphatic rings. The first-order chi connectivity index (χ1) is 19.6. The second-order valence-corrected chi connectivity index (χ2v) is 11.9. The van der Waals surface area contributed by atoms with E-state index in [1.54, 1.807) is 31.2 Å². The molecule has 0 aliphatic carbocycles. The van der Waals surface area contributed by atoms with Crippen LogP contribution in [0.15, 0.2) is 77.7 Å². The summed E-state index contributed by atoms with van der Waals surface area (Å²) in [6, 6.07) is 19.3. The van der Waals surface area contributed by atoms with E-state index in [0.717, 1.165) is 21.9 Å². The number of rotatable bonds is 14. The van der Waals surface area contributed by atoms with Gasteiger partial charge in [-0.15, -0.1) is 0 Å². The number of hydrogen-bond acceptors (Lipinski definition) is 5. The average molecular weight is 600 g/mol. The molecule has 3 rings (SSSR count). The maximum atomic E-state index is 14.2. The number of carbonyl (C=O) groups excluding carboxylic acids is 2. The van der Waals surface area contributed by atoms with E-state index >= 15 is 0 Å². The number of carbonyl (C=O) groups is 2. The van der Waals surface area contributed by atoms with E-state index < -0.39 is 28.5 Å². The lowest BCUT2D eigenvalue weighted by molar-refractivity contribution is -0.140. The lowest BCUT2D eigenvalue weighted by Gasteiger charge is -2.33. The fourth-order valence-electron chi connectivity index (χ4n) is 4.48. The number of aryl methyl sites for hydroxylation is 1. The van der Waals surface area contributed by atoms with E-state index in [0.29, 0.717) is 30.3 Å². The van der Waals surface area contributed by atoms with Gasteiger partial charge in [-0.3, -0.25) is 13.9 Å². The van der Waals surface area contributed by atoms with Gasteiger partial charge in [0.2, 0.25) is 11.8 Å². The number of hydrogen-bond donors (Lipinski definition) is 1. The molecule has 0 spiro atoms. The van der Waals surface area contributed by atoms with Crippen LogP contribution in [0.3, 0.4) is 0 Å². The molecule has 0 aromatic heterocycles. The molecule has 0 unspecified atom stereocenters. The smallest absolute Gasteiger partial charge is 0.264 e. The van der Waals surface area contributed by atoms with Crippen LogP contribution in [0.4, 0.5) is 5.69 Å². The summed E-state index contributed by atoms with van der Waals surface area (Å²) in [6.45, 7) is 7.90. The quantitative estimate of drug-likeness (QED) is 0.261. The molecule has 0 saturated heterocycles. The summed E-state index contributed by atoms with van der Waals surface area (Å²) < 4.78 is 34.9. The van der Waals surface area contributed by atoms with E-state index in [1.165, 1.54) is 29.2 Å². The lowest BCUT2D eigenvalue weighted by Crippen LogP contribution is -2.52. The molecule has 0 bridgehead atoms. The number of nitrogens with zero attached hydrogens (tertiary/aromatic N) is 2. The van der Waals surface area contributed by atoms with Crippen LogP contribution in [0.2, 0.25) is 5.02 Å². The molecule has 0 radical (unpaired) electrons. The zero-order valence-electron chi connectivity index (χ0n) is 24.0. The molecule has 0 aliphatic heterocycles. The third-order valence-corrected chi connectivity index (χ3v) is 8.51. The maximum absolute atomic E-state index is 14.2. The molecule has 3 aromatic rings. The van der Waals surface area contributed by atoms with Gasteiger partial charge in [-0.1, -0.05) is 67.4 Å². The van der Waals surface area contributed by atoms with Crippen LogP contribution in [0.1, 0.15) is 44.7 Å². The van der Waals surface area contributed by atoms with Gasteiger partial charge in [-0.2, -0.15) is 0 Å². The molecule has 3 aromatic carbocycles. The van der Waals surface area contributed by atoms with E-state index in [4.69, 9.17) is 16.3 Å². The lowest BCUT2D eigenvalue weighted by atomic mass is 10.1. The topological polar surface area (TPSA) is 96.0 Å². The molecule has 0 heterocycles. The van der Waals surface area contributed by atoms with Crippen LogP contribution in [-0.4, -0.2) is 50.9 Å². The highest BCUT2D eigenvalue weighted by Gasteiger charge is 2.34. The molecule has 1 N–H and O–H groups in total. The minimum atomic E-state index is -4.24. The predicted molar refractivity (Wildman–Crippen MR) is 163 cm³/mol. The van der Waals surface area contributed by atoms with Gasteiger partial charge in [0.15, 0.2) is 0 Å².